The van der Waals surface area contributed by atoms with E-state index in [1.165, 1.54) is 29.5 Å². The molecule has 2 aromatic heterocycles. The van der Waals surface area contributed by atoms with Crippen LogP contribution in [-0.2, 0) is 22.0 Å². The van der Waals surface area contributed by atoms with Crippen LogP contribution in [0.4, 0.5) is 13.2 Å². The van der Waals surface area contributed by atoms with Crippen LogP contribution >= 0.6 is 34.3 Å². The maximum absolute atomic E-state index is 12.5. The van der Waals surface area contributed by atoms with E-state index < -0.39 is 21.1 Å². The monoisotopic (exact) mass is 466 g/mol. The third kappa shape index (κ3) is 4.56. The summed E-state index contributed by atoms with van der Waals surface area (Å²) >= 11 is 9.13. The zero-order chi connectivity index (χ0) is 20.5. The number of benzene rings is 1. The molecule has 1 aromatic carbocycles. The van der Waals surface area contributed by atoms with Gasteiger partial charge in [-0.05, 0) is 24.5 Å². The molecular formula is C17H14ClF3N2O2S3. The van der Waals surface area contributed by atoms with Crippen LogP contribution in [-0.4, -0.2) is 23.9 Å². The Kier molecular flexibility index (Phi) is 6.14. The minimum atomic E-state index is -5.30. The fourth-order valence-corrected chi connectivity index (χ4v) is 5.23. The lowest BCUT2D eigenvalue weighted by Gasteiger charge is -2.09. The van der Waals surface area contributed by atoms with Crippen molar-refractivity contribution in [1.29, 1.82) is 0 Å². The van der Waals surface area contributed by atoms with Crippen molar-refractivity contribution < 1.29 is 21.6 Å². The van der Waals surface area contributed by atoms with Gasteiger partial charge in [-0.15, -0.1) is 22.7 Å². The average Bonchev–Trinajstić information content (AvgIpc) is 3.23. The smallest absolute Gasteiger partial charge is 0.239 e. The number of thiazole rings is 2. The fraction of sp³-hybridized carbons (Fsp3) is 0.294. The van der Waals surface area contributed by atoms with E-state index in [9.17, 15) is 21.6 Å². The van der Waals surface area contributed by atoms with E-state index in [-0.39, 0.29) is 10.6 Å². The number of hydrogen-bond donors (Lipinski definition) is 0. The molecule has 3 aromatic rings. The summed E-state index contributed by atoms with van der Waals surface area (Å²) in [6.45, 7) is 2.08. The molecular weight excluding hydrogens is 453 g/mol. The predicted octanol–water partition coefficient (Wildman–Crippen LogP) is 5.97. The van der Waals surface area contributed by atoms with Crippen molar-refractivity contribution in [2.45, 2.75) is 31.0 Å². The summed E-state index contributed by atoms with van der Waals surface area (Å²) < 4.78 is 60.3. The summed E-state index contributed by atoms with van der Waals surface area (Å²) in [6, 6.07) is 4.01. The molecule has 0 amide bonds. The molecule has 0 spiro atoms. The molecule has 0 bridgehead atoms. The van der Waals surface area contributed by atoms with Gasteiger partial charge in [0.1, 0.15) is 10.7 Å². The highest BCUT2D eigenvalue weighted by Crippen LogP contribution is 2.35. The third-order valence-corrected chi connectivity index (χ3v) is 7.26. The molecule has 3 rings (SSSR count). The summed E-state index contributed by atoms with van der Waals surface area (Å²) in [7, 11) is -5.26. The first kappa shape index (κ1) is 21.2. The van der Waals surface area contributed by atoms with E-state index in [1.54, 1.807) is 16.7 Å². The quantitative estimate of drug-likeness (QED) is 0.448. The number of nitrogens with zero attached hydrogens (tertiary/aromatic N) is 2. The van der Waals surface area contributed by atoms with Crippen LogP contribution in [0.1, 0.15) is 23.9 Å². The average molecular weight is 467 g/mol. The molecule has 0 saturated carbocycles. The van der Waals surface area contributed by atoms with Crippen LogP contribution in [0.15, 0.2) is 29.0 Å². The third-order valence-electron chi connectivity index (χ3n) is 3.76. The summed E-state index contributed by atoms with van der Waals surface area (Å²) in [5.74, 6) is -1.15. The molecule has 0 aliphatic rings. The lowest BCUT2D eigenvalue weighted by molar-refractivity contribution is -0.0437. The summed E-state index contributed by atoms with van der Waals surface area (Å²) in [4.78, 5) is 9.05. The minimum Gasteiger partial charge on any atom is -0.239 e. The molecule has 0 fully saturated rings. The second-order valence-corrected chi connectivity index (χ2v) is 10.1. The molecule has 0 unspecified atom stereocenters. The maximum Gasteiger partial charge on any atom is 0.497 e. The van der Waals surface area contributed by atoms with Crippen LogP contribution in [0.3, 0.4) is 0 Å². The predicted molar refractivity (Wildman–Crippen MR) is 106 cm³/mol. The normalized spacial score (nSPS) is 12.5. The Morgan fingerprint density at radius 3 is 2.46 bits per heavy atom. The Morgan fingerprint density at radius 2 is 1.82 bits per heavy atom. The van der Waals surface area contributed by atoms with Gasteiger partial charge in [0.15, 0.2) is 0 Å². The van der Waals surface area contributed by atoms with Crippen molar-refractivity contribution in [3.05, 3.63) is 44.6 Å². The summed E-state index contributed by atoms with van der Waals surface area (Å²) in [5, 5.41) is 5.59. The van der Waals surface area contributed by atoms with Gasteiger partial charge < -0.3 is 0 Å². The van der Waals surface area contributed by atoms with Gasteiger partial charge in [-0.2, -0.15) is 13.2 Å². The second kappa shape index (κ2) is 8.10. The Labute approximate surface area is 173 Å². The van der Waals surface area contributed by atoms with E-state index >= 15 is 0 Å². The molecule has 11 heteroatoms. The number of rotatable bonds is 6. The standard InChI is InChI=1S/C17H14ClF3N2O2S3/c1-2-3-15-22-14(8-26-15)16-23-13(7-27-16)11-5-4-10(6-12(11)18)9-28(24,25)17(19,20)21/h4-8H,2-3,9H2,1H3. The van der Waals surface area contributed by atoms with E-state index in [1.807, 2.05) is 5.38 Å². The first-order valence-electron chi connectivity index (χ1n) is 8.09. The van der Waals surface area contributed by atoms with Crippen molar-refractivity contribution in [3.63, 3.8) is 0 Å². The first-order valence-corrected chi connectivity index (χ1v) is 11.9. The van der Waals surface area contributed by atoms with Gasteiger partial charge in [0.2, 0.25) is 0 Å². The van der Waals surface area contributed by atoms with Crippen molar-refractivity contribution in [3.8, 4) is 22.0 Å². The molecule has 4 nitrogen and oxygen atoms in total. The molecule has 0 atom stereocenters. The number of sulfone groups is 1. The van der Waals surface area contributed by atoms with Crippen LogP contribution in [0.2, 0.25) is 5.02 Å². The van der Waals surface area contributed by atoms with Gasteiger partial charge in [0.25, 0.3) is 9.84 Å². The van der Waals surface area contributed by atoms with Gasteiger partial charge in [-0.1, -0.05) is 30.7 Å². The second-order valence-electron chi connectivity index (χ2n) is 5.93. The van der Waals surface area contributed by atoms with Crippen molar-refractivity contribution in [2.75, 3.05) is 0 Å². The van der Waals surface area contributed by atoms with E-state index in [4.69, 9.17) is 11.6 Å². The SMILES string of the molecule is CCCc1nc(-c2nc(-c3ccc(CS(=O)(=O)C(F)(F)F)cc3Cl)cs2)cs1. The zero-order valence-corrected chi connectivity index (χ0v) is 17.7. The largest absolute Gasteiger partial charge is 0.497 e. The van der Waals surface area contributed by atoms with Crippen molar-refractivity contribution in [1.82, 2.24) is 9.97 Å². The number of halogens is 4. The highest BCUT2D eigenvalue weighted by Gasteiger charge is 2.45. The lowest BCUT2D eigenvalue weighted by Crippen LogP contribution is -2.24. The first-order chi connectivity index (χ1) is 13.1. The number of alkyl halides is 3. The van der Waals surface area contributed by atoms with Gasteiger partial charge >= 0.3 is 5.51 Å². The Morgan fingerprint density at radius 1 is 1.11 bits per heavy atom. The fourth-order valence-electron chi connectivity index (χ4n) is 2.41. The molecule has 28 heavy (non-hydrogen) atoms. The highest BCUT2D eigenvalue weighted by atomic mass is 35.5. The number of aryl methyl sites for hydroxylation is 1. The molecule has 0 saturated heterocycles. The summed E-state index contributed by atoms with van der Waals surface area (Å²) in [6.07, 6.45) is 1.90. The van der Waals surface area contributed by atoms with E-state index in [2.05, 4.69) is 16.9 Å². The Bertz CT molecular complexity index is 1090. The minimum absolute atomic E-state index is 0.0368. The van der Waals surface area contributed by atoms with Crippen LogP contribution in [0.5, 0.6) is 0 Å². The van der Waals surface area contributed by atoms with Gasteiger partial charge in [0, 0.05) is 16.3 Å². The lowest BCUT2D eigenvalue weighted by atomic mass is 10.1. The van der Waals surface area contributed by atoms with Crippen LogP contribution in [0, 0.1) is 0 Å². The molecule has 0 aliphatic carbocycles. The molecule has 0 N–H and O–H groups in total. The van der Waals surface area contributed by atoms with E-state index in [0.717, 1.165) is 23.5 Å². The van der Waals surface area contributed by atoms with Crippen LogP contribution in [0.25, 0.3) is 22.0 Å². The zero-order valence-electron chi connectivity index (χ0n) is 14.5. The maximum atomic E-state index is 12.5. The Hall–Kier alpha value is -1.49. The summed E-state index contributed by atoms with van der Waals surface area (Å²) in [5.41, 5.74) is -3.49. The molecule has 0 aliphatic heterocycles. The van der Waals surface area contributed by atoms with Gasteiger partial charge in [-0.25, -0.2) is 18.4 Å². The van der Waals surface area contributed by atoms with Crippen LogP contribution < -0.4 is 0 Å². The topological polar surface area (TPSA) is 59.9 Å². The molecule has 0 radical (unpaired) electrons. The molecule has 150 valence electrons. The van der Waals surface area contributed by atoms with Gasteiger partial charge in [-0.3, -0.25) is 0 Å². The van der Waals surface area contributed by atoms with Crippen molar-refractivity contribution in [2.24, 2.45) is 0 Å². The highest BCUT2D eigenvalue weighted by molar-refractivity contribution is 7.91. The number of hydrogen-bond acceptors (Lipinski definition) is 6. The van der Waals surface area contributed by atoms with Crippen molar-refractivity contribution >= 4 is 44.1 Å². The number of aromatic nitrogens is 2. The van der Waals surface area contributed by atoms with E-state index in [0.29, 0.717) is 16.3 Å². The van der Waals surface area contributed by atoms with Gasteiger partial charge in [0.05, 0.1) is 21.5 Å². The Balaban J connectivity index is 1.84. The molecule has 2 heterocycles.